The molecule has 3 heterocycles. The number of nitrogens with zero attached hydrogens (tertiary/aromatic N) is 3. The molecule has 0 amide bonds. The van der Waals surface area contributed by atoms with Gasteiger partial charge in [-0.05, 0) is 61.2 Å². The van der Waals surface area contributed by atoms with Crippen molar-refractivity contribution in [1.82, 2.24) is 14.9 Å². The third-order valence-electron chi connectivity index (χ3n) is 5.90. The molecular weight excluding hydrogens is 386 g/mol. The Labute approximate surface area is 172 Å². The fourth-order valence-electron chi connectivity index (χ4n) is 4.20. The van der Waals surface area contributed by atoms with Crippen molar-refractivity contribution in [1.29, 1.82) is 0 Å². The molecule has 0 spiro atoms. The van der Waals surface area contributed by atoms with Crippen LogP contribution in [-0.2, 0) is 5.54 Å². The first-order valence-electron chi connectivity index (χ1n) is 9.94. The molecule has 1 saturated carbocycles. The minimum atomic E-state index is -0.895. The predicted octanol–water partition coefficient (Wildman–Crippen LogP) is 3.54. The Hall–Kier alpha value is -3.35. The van der Waals surface area contributed by atoms with Gasteiger partial charge in [0.25, 0.3) is 5.56 Å². The Morgan fingerprint density at radius 3 is 2.53 bits per heavy atom. The van der Waals surface area contributed by atoms with E-state index in [2.05, 4.69) is 10.3 Å². The smallest absolute Gasteiger partial charge is 0.250 e. The van der Waals surface area contributed by atoms with Crippen molar-refractivity contribution in [2.24, 2.45) is 4.99 Å². The molecule has 2 atom stereocenters. The van der Waals surface area contributed by atoms with Crippen molar-refractivity contribution >= 4 is 5.84 Å². The van der Waals surface area contributed by atoms with Crippen molar-refractivity contribution < 1.29 is 8.78 Å². The Morgan fingerprint density at radius 2 is 1.83 bits per heavy atom. The Balaban J connectivity index is 1.62. The maximum atomic E-state index is 14.0. The van der Waals surface area contributed by atoms with Crippen LogP contribution in [0.5, 0.6) is 0 Å². The number of pyridine rings is 2. The van der Waals surface area contributed by atoms with E-state index in [1.165, 1.54) is 24.4 Å². The van der Waals surface area contributed by atoms with Crippen LogP contribution >= 0.6 is 0 Å². The quantitative estimate of drug-likeness (QED) is 0.675. The van der Waals surface area contributed by atoms with Gasteiger partial charge in [0.2, 0.25) is 5.95 Å². The summed E-state index contributed by atoms with van der Waals surface area (Å²) in [7, 11) is 0. The minimum absolute atomic E-state index is 0.0334. The third kappa shape index (κ3) is 3.01. The molecule has 1 aliphatic carbocycles. The van der Waals surface area contributed by atoms with Crippen LogP contribution < -0.4 is 10.9 Å². The summed E-state index contributed by atoms with van der Waals surface area (Å²) in [6.07, 6.45) is 5.23. The Kier molecular flexibility index (Phi) is 4.27. The Bertz CT molecular complexity index is 1200. The van der Waals surface area contributed by atoms with Crippen molar-refractivity contribution in [2.75, 3.05) is 0 Å². The molecular formula is C23H20F2N4O. The summed E-state index contributed by atoms with van der Waals surface area (Å²) in [5.74, 6) is -0.338. The van der Waals surface area contributed by atoms with Gasteiger partial charge in [-0.3, -0.25) is 9.79 Å². The van der Waals surface area contributed by atoms with Gasteiger partial charge < -0.3 is 9.88 Å². The van der Waals surface area contributed by atoms with Gasteiger partial charge in [0.15, 0.2) is 0 Å². The van der Waals surface area contributed by atoms with Crippen LogP contribution in [0.2, 0.25) is 0 Å². The van der Waals surface area contributed by atoms with Crippen LogP contribution in [0.15, 0.2) is 70.7 Å². The Morgan fingerprint density at radius 1 is 1.07 bits per heavy atom. The molecule has 5 rings (SSSR count). The minimum Gasteiger partial charge on any atom is -0.354 e. The third-order valence-corrected chi connectivity index (χ3v) is 5.90. The maximum absolute atomic E-state index is 14.0. The largest absolute Gasteiger partial charge is 0.354 e. The van der Waals surface area contributed by atoms with Crippen LogP contribution in [0.25, 0.3) is 0 Å². The fourth-order valence-corrected chi connectivity index (χ4v) is 4.20. The number of amidine groups is 1. The molecule has 3 aromatic rings. The summed E-state index contributed by atoms with van der Waals surface area (Å²) < 4.78 is 29.4. The molecule has 152 valence electrons. The predicted molar refractivity (Wildman–Crippen MR) is 109 cm³/mol. The van der Waals surface area contributed by atoms with Crippen LogP contribution in [0, 0.1) is 11.8 Å². The molecule has 1 fully saturated rings. The molecule has 30 heavy (non-hydrogen) atoms. The number of aromatic nitrogens is 2. The van der Waals surface area contributed by atoms with Crippen molar-refractivity contribution in [3.8, 4) is 0 Å². The molecule has 1 aromatic carbocycles. The number of hydrogen-bond donors (Lipinski definition) is 1. The van der Waals surface area contributed by atoms with Crippen molar-refractivity contribution in [3.05, 3.63) is 99.7 Å². The molecule has 5 nitrogen and oxygen atoms in total. The lowest BCUT2D eigenvalue weighted by Gasteiger charge is -2.35. The molecule has 0 bridgehead atoms. The second-order valence-electron chi connectivity index (χ2n) is 7.86. The number of nitrogens with one attached hydrogen (secondary N) is 1. The summed E-state index contributed by atoms with van der Waals surface area (Å²) in [5, 5.41) is 3.47. The van der Waals surface area contributed by atoms with Crippen LogP contribution in [0.3, 0.4) is 0 Å². The lowest BCUT2D eigenvalue weighted by molar-refractivity contribution is 0.429. The highest BCUT2D eigenvalue weighted by molar-refractivity contribution is 6.01. The monoisotopic (exact) mass is 406 g/mol. The summed E-state index contributed by atoms with van der Waals surface area (Å²) >= 11 is 0. The second-order valence-corrected chi connectivity index (χ2v) is 7.86. The van der Waals surface area contributed by atoms with E-state index in [1.54, 1.807) is 34.9 Å². The number of halogens is 2. The van der Waals surface area contributed by atoms with Gasteiger partial charge in [0.05, 0.1) is 6.04 Å². The summed E-state index contributed by atoms with van der Waals surface area (Å²) in [5.41, 5.74) is 1.26. The highest BCUT2D eigenvalue weighted by Gasteiger charge is 2.45. The molecule has 7 heteroatoms. The second kappa shape index (κ2) is 6.86. The molecule has 1 N–H and O–H groups in total. The SMILES string of the molecule is C[C@@H]1N=C(c2ccc(=O)n(C3CC3)c2)N[C@]1(c1ccc(F)cc1)c1ccnc(F)c1. The van der Waals surface area contributed by atoms with E-state index in [4.69, 9.17) is 4.99 Å². The average Bonchev–Trinajstić information content (AvgIpc) is 3.52. The van der Waals surface area contributed by atoms with E-state index in [9.17, 15) is 13.6 Å². The van der Waals surface area contributed by atoms with Gasteiger partial charge in [-0.2, -0.15) is 4.39 Å². The van der Waals surface area contributed by atoms with Crippen LogP contribution in [0.1, 0.15) is 42.5 Å². The normalized spacial score (nSPS) is 23.2. The molecule has 2 aromatic heterocycles. The van der Waals surface area contributed by atoms with E-state index in [0.29, 0.717) is 11.4 Å². The first kappa shape index (κ1) is 18.7. The highest BCUT2D eigenvalue weighted by Crippen LogP contribution is 2.39. The van der Waals surface area contributed by atoms with E-state index in [-0.39, 0.29) is 23.5 Å². The number of benzene rings is 1. The van der Waals surface area contributed by atoms with E-state index in [1.807, 2.05) is 13.1 Å². The van der Waals surface area contributed by atoms with E-state index < -0.39 is 11.5 Å². The first-order chi connectivity index (χ1) is 14.5. The fraction of sp³-hybridized carbons (Fsp3) is 0.261. The first-order valence-corrected chi connectivity index (χ1v) is 9.94. The van der Waals surface area contributed by atoms with E-state index in [0.717, 1.165) is 24.0 Å². The number of rotatable bonds is 4. The maximum Gasteiger partial charge on any atom is 0.250 e. The molecule has 2 aliphatic rings. The van der Waals surface area contributed by atoms with Gasteiger partial charge in [0.1, 0.15) is 17.2 Å². The summed E-state index contributed by atoms with van der Waals surface area (Å²) in [6.45, 7) is 1.93. The summed E-state index contributed by atoms with van der Waals surface area (Å²) in [4.78, 5) is 20.7. The molecule has 1 aliphatic heterocycles. The topological polar surface area (TPSA) is 59.3 Å². The van der Waals surface area contributed by atoms with Crippen molar-refractivity contribution in [2.45, 2.75) is 37.4 Å². The van der Waals surface area contributed by atoms with Gasteiger partial charge in [-0.1, -0.05) is 12.1 Å². The average molecular weight is 406 g/mol. The molecule has 0 radical (unpaired) electrons. The lowest BCUT2D eigenvalue weighted by atomic mass is 9.78. The van der Waals surface area contributed by atoms with Gasteiger partial charge in [0, 0.05) is 30.1 Å². The lowest BCUT2D eigenvalue weighted by Crippen LogP contribution is -2.48. The van der Waals surface area contributed by atoms with Gasteiger partial charge >= 0.3 is 0 Å². The van der Waals surface area contributed by atoms with Gasteiger partial charge in [-0.15, -0.1) is 0 Å². The number of aliphatic imine (C=N–C) groups is 1. The molecule has 0 saturated heterocycles. The van der Waals surface area contributed by atoms with Crippen LogP contribution in [0.4, 0.5) is 8.78 Å². The zero-order valence-electron chi connectivity index (χ0n) is 16.3. The van der Waals surface area contributed by atoms with Crippen LogP contribution in [-0.4, -0.2) is 21.4 Å². The number of hydrogen-bond acceptors (Lipinski definition) is 4. The van der Waals surface area contributed by atoms with E-state index >= 15 is 0 Å². The summed E-state index contributed by atoms with van der Waals surface area (Å²) in [6, 6.07) is 12.5. The van der Waals surface area contributed by atoms with Gasteiger partial charge in [-0.25, -0.2) is 9.37 Å². The standard InChI is InChI=1S/C23H20F2N4O/c1-14-23(16-3-5-18(24)6-4-16,17-10-11-26-20(25)12-17)28-22(27-14)15-2-9-21(30)29(13-15)19-7-8-19/h2-6,9-14,19H,7-8H2,1H3,(H,27,28)/t14-,23+/m0/s1. The highest BCUT2D eigenvalue weighted by atomic mass is 19.1. The molecule has 0 unspecified atom stereocenters. The zero-order chi connectivity index (χ0) is 20.9. The van der Waals surface area contributed by atoms with Crippen molar-refractivity contribution in [3.63, 3.8) is 0 Å². The zero-order valence-corrected chi connectivity index (χ0v) is 16.3.